The number of carbonyl (C=O) groups excluding carboxylic acids is 2. The molecule has 3 aromatic carbocycles. The van der Waals surface area contributed by atoms with E-state index in [0.29, 0.717) is 21.3 Å². The van der Waals surface area contributed by atoms with Crippen LogP contribution in [0.15, 0.2) is 74.7 Å². The molecule has 32 heavy (non-hydrogen) atoms. The summed E-state index contributed by atoms with van der Waals surface area (Å²) in [7, 11) is 0. The largest absolute Gasteiger partial charge is 0.421 e. The number of halogens is 2. The number of hydrogen-bond donors (Lipinski definition) is 2. The molecule has 0 unspecified atom stereocenters. The highest BCUT2D eigenvalue weighted by Gasteiger charge is 2.15. The predicted molar refractivity (Wildman–Crippen MR) is 133 cm³/mol. The van der Waals surface area contributed by atoms with Crippen LogP contribution < -0.4 is 15.5 Å². The van der Waals surface area contributed by atoms with E-state index in [1.165, 1.54) is 6.21 Å². The lowest BCUT2D eigenvalue weighted by molar-refractivity contribution is -0.119. The number of hydrazone groups is 1. The van der Waals surface area contributed by atoms with E-state index in [-0.39, 0.29) is 12.5 Å². The molecule has 0 aliphatic carbocycles. The predicted octanol–water partition coefficient (Wildman–Crippen LogP) is 5.61. The van der Waals surface area contributed by atoms with Crippen LogP contribution >= 0.6 is 31.9 Å². The first-order valence-corrected chi connectivity index (χ1v) is 11.3. The maximum absolute atomic E-state index is 12.6. The summed E-state index contributed by atoms with van der Waals surface area (Å²) in [5.41, 5.74) is 6.37. The number of nitrogens with one attached hydrogen (secondary N) is 2. The Morgan fingerprint density at radius 3 is 2.47 bits per heavy atom. The Morgan fingerprint density at radius 2 is 1.75 bits per heavy atom. The second-order valence-electron chi connectivity index (χ2n) is 7.08. The monoisotopic (exact) mass is 557 g/mol. The van der Waals surface area contributed by atoms with Crippen LogP contribution in [-0.4, -0.2) is 24.6 Å². The van der Waals surface area contributed by atoms with E-state index in [1.54, 1.807) is 30.3 Å². The number of esters is 1. The van der Waals surface area contributed by atoms with Crippen molar-refractivity contribution >= 4 is 55.6 Å². The number of rotatable bonds is 7. The van der Waals surface area contributed by atoms with Gasteiger partial charge in [0, 0.05) is 15.7 Å². The minimum absolute atomic E-state index is 0.0672. The second kappa shape index (κ2) is 11.1. The third kappa shape index (κ3) is 6.77. The minimum atomic E-state index is -0.488. The number of carbonyl (C=O) groups is 2. The lowest BCUT2D eigenvalue weighted by Gasteiger charge is -2.11. The molecule has 0 aromatic heterocycles. The van der Waals surface area contributed by atoms with Crippen LogP contribution in [-0.2, 0) is 4.79 Å². The Hall–Kier alpha value is -2.97. The van der Waals surface area contributed by atoms with E-state index in [9.17, 15) is 9.59 Å². The number of ether oxygens (including phenoxy) is 1. The number of aryl methyl sites for hydroxylation is 2. The highest BCUT2D eigenvalue weighted by Crippen LogP contribution is 2.32. The molecule has 0 aliphatic heterocycles. The van der Waals surface area contributed by atoms with Gasteiger partial charge in [-0.05, 0) is 66.2 Å². The number of amides is 1. The van der Waals surface area contributed by atoms with Gasteiger partial charge >= 0.3 is 5.97 Å². The first-order valence-electron chi connectivity index (χ1n) is 9.72. The lowest BCUT2D eigenvalue weighted by atomic mass is 10.1. The summed E-state index contributed by atoms with van der Waals surface area (Å²) in [6.07, 6.45) is 1.43. The second-order valence-corrected chi connectivity index (χ2v) is 8.85. The van der Waals surface area contributed by atoms with Crippen molar-refractivity contribution in [1.29, 1.82) is 0 Å². The Kier molecular flexibility index (Phi) is 8.19. The van der Waals surface area contributed by atoms with Crippen molar-refractivity contribution in [3.05, 3.63) is 91.9 Å². The molecule has 6 nitrogen and oxygen atoms in total. The van der Waals surface area contributed by atoms with Crippen molar-refractivity contribution < 1.29 is 14.3 Å². The van der Waals surface area contributed by atoms with Crippen LogP contribution in [0.2, 0.25) is 0 Å². The summed E-state index contributed by atoms with van der Waals surface area (Å²) in [6, 6.07) is 18.4. The van der Waals surface area contributed by atoms with Gasteiger partial charge in [-0.1, -0.05) is 51.3 Å². The Balaban J connectivity index is 1.67. The molecule has 1 amide bonds. The van der Waals surface area contributed by atoms with Crippen molar-refractivity contribution in [3.8, 4) is 5.75 Å². The molecule has 0 radical (unpaired) electrons. The van der Waals surface area contributed by atoms with Gasteiger partial charge in [-0.25, -0.2) is 10.2 Å². The quantitative estimate of drug-likeness (QED) is 0.171. The molecule has 0 spiro atoms. The third-order valence-corrected chi connectivity index (χ3v) is 5.43. The van der Waals surface area contributed by atoms with Gasteiger partial charge in [-0.2, -0.15) is 5.10 Å². The van der Waals surface area contributed by atoms with E-state index in [1.807, 2.05) is 44.2 Å². The summed E-state index contributed by atoms with van der Waals surface area (Å²) >= 11 is 6.84. The van der Waals surface area contributed by atoms with E-state index in [0.717, 1.165) is 21.3 Å². The van der Waals surface area contributed by atoms with Crippen LogP contribution in [0.4, 0.5) is 5.69 Å². The van der Waals surface area contributed by atoms with Crippen molar-refractivity contribution in [3.63, 3.8) is 0 Å². The number of benzene rings is 3. The van der Waals surface area contributed by atoms with E-state index in [2.05, 4.69) is 47.7 Å². The summed E-state index contributed by atoms with van der Waals surface area (Å²) in [4.78, 5) is 24.7. The highest BCUT2D eigenvalue weighted by molar-refractivity contribution is 9.11. The normalized spacial score (nSPS) is 10.8. The van der Waals surface area contributed by atoms with E-state index >= 15 is 0 Å². The molecule has 0 aliphatic rings. The number of hydrogen-bond acceptors (Lipinski definition) is 5. The van der Waals surface area contributed by atoms with Gasteiger partial charge in [0.25, 0.3) is 5.91 Å². The molecule has 0 saturated carbocycles. The van der Waals surface area contributed by atoms with Gasteiger partial charge < -0.3 is 10.1 Å². The molecule has 0 atom stereocenters. The van der Waals surface area contributed by atoms with Gasteiger partial charge in [0.2, 0.25) is 0 Å². The Labute approximate surface area is 203 Å². The summed E-state index contributed by atoms with van der Waals surface area (Å²) in [5.74, 6) is -0.498. The zero-order valence-corrected chi connectivity index (χ0v) is 20.7. The van der Waals surface area contributed by atoms with Gasteiger partial charge in [0.15, 0.2) is 5.75 Å². The van der Waals surface area contributed by atoms with E-state index in [4.69, 9.17) is 4.74 Å². The Bertz CT molecular complexity index is 1160. The zero-order chi connectivity index (χ0) is 23.1. The molecule has 3 aromatic rings. The average molecular weight is 559 g/mol. The standard InChI is InChI=1S/C24H21Br2N3O3/c1-15-6-8-20(9-7-15)27-14-22(30)29-28-13-18-11-19(25)12-21(26)23(18)32-24(31)17-5-3-4-16(2)10-17/h3-13,27H,14H2,1-2H3,(H,29,30)/b28-13+. The molecule has 0 bridgehead atoms. The first-order chi connectivity index (χ1) is 15.3. The van der Waals surface area contributed by atoms with Gasteiger partial charge in [0.05, 0.1) is 22.8 Å². The fraction of sp³-hybridized carbons (Fsp3) is 0.125. The Morgan fingerprint density at radius 1 is 1.00 bits per heavy atom. The molecular formula is C24H21Br2N3O3. The van der Waals surface area contributed by atoms with Crippen LogP contribution in [0.3, 0.4) is 0 Å². The van der Waals surface area contributed by atoms with Crippen molar-refractivity contribution in [1.82, 2.24) is 5.43 Å². The molecule has 0 saturated heterocycles. The molecule has 8 heteroatoms. The molecule has 0 heterocycles. The first kappa shape index (κ1) is 23.7. The highest BCUT2D eigenvalue weighted by atomic mass is 79.9. The minimum Gasteiger partial charge on any atom is -0.421 e. The summed E-state index contributed by atoms with van der Waals surface area (Å²) in [6.45, 7) is 3.97. The molecule has 2 N–H and O–H groups in total. The van der Waals surface area contributed by atoms with Crippen molar-refractivity contribution in [2.75, 3.05) is 11.9 Å². The molecule has 3 rings (SSSR count). The fourth-order valence-corrected chi connectivity index (χ4v) is 4.11. The van der Waals surface area contributed by atoms with Gasteiger partial charge in [0.1, 0.15) is 0 Å². The maximum Gasteiger partial charge on any atom is 0.343 e. The summed E-state index contributed by atoms with van der Waals surface area (Å²) in [5, 5.41) is 7.04. The molecule has 164 valence electrons. The molecule has 0 fully saturated rings. The average Bonchev–Trinajstić information content (AvgIpc) is 2.75. The number of nitrogens with zero attached hydrogens (tertiary/aromatic N) is 1. The van der Waals surface area contributed by atoms with Crippen molar-refractivity contribution in [2.24, 2.45) is 5.10 Å². The fourth-order valence-electron chi connectivity index (χ4n) is 2.77. The topological polar surface area (TPSA) is 79.8 Å². The van der Waals surface area contributed by atoms with Gasteiger partial charge in [-0.15, -0.1) is 0 Å². The number of anilines is 1. The maximum atomic E-state index is 12.6. The van der Waals surface area contributed by atoms with Crippen LogP contribution in [0, 0.1) is 13.8 Å². The van der Waals surface area contributed by atoms with Crippen LogP contribution in [0.5, 0.6) is 5.75 Å². The van der Waals surface area contributed by atoms with Gasteiger partial charge in [-0.3, -0.25) is 4.79 Å². The molecular weight excluding hydrogens is 538 g/mol. The van der Waals surface area contributed by atoms with Crippen LogP contribution in [0.25, 0.3) is 0 Å². The van der Waals surface area contributed by atoms with Crippen LogP contribution in [0.1, 0.15) is 27.0 Å². The summed E-state index contributed by atoms with van der Waals surface area (Å²) < 4.78 is 6.95. The SMILES string of the molecule is Cc1ccc(NCC(=O)N/N=C/c2cc(Br)cc(Br)c2OC(=O)c2cccc(C)c2)cc1. The lowest BCUT2D eigenvalue weighted by Crippen LogP contribution is -2.25. The smallest absolute Gasteiger partial charge is 0.343 e. The third-order valence-electron chi connectivity index (χ3n) is 4.38. The van der Waals surface area contributed by atoms with E-state index < -0.39 is 5.97 Å². The van der Waals surface area contributed by atoms with Crippen molar-refractivity contribution in [2.45, 2.75) is 13.8 Å². The zero-order valence-electron chi connectivity index (χ0n) is 17.5.